The highest BCUT2D eigenvalue weighted by Gasteiger charge is 2.15. The van der Waals surface area contributed by atoms with Crippen LogP contribution in [-0.4, -0.2) is 24.2 Å². The molecule has 0 radical (unpaired) electrons. The van der Waals surface area contributed by atoms with Crippen LogP contribution in [0.1, 0.15) is 38.8 Å². The Hall–Kier alpha value is -4.94. The topological polar surface area (TPSA) is 84.5 Å². The standard InChI is InChI=1S/C33H27ClN2O4/c1-2-40-29-19-10-23(11-20-29)12-21-31(37)25-13-17-28(18-14-25)35-33(39)30(22-24-8-15-27(34)16-9-24)36-32(38)26-6-4-3-5-7-26/h3-22H,2H2,1H3,(H,35,39)(H,36,38)/b21-12+,30-22-. The maximum Gasteiger partial charge on any atom is 0.272 e. The molecular formula is C33H27ClN2O4. The fourth-order valence-corrected chi connectivity index (χ4v) is 3.82. The molecular weight excluding hydrogens is 524 g/mol. The molecule has 4 aromatic rings. The summed E-state index contributed by atoms with van der Waals surface area (Å²) in [4.78, 5) is 38.6. The SMILES string of the molecule is CCOc1ccc(/C=C/C(=O)c2ccc(NC(=O)/C(=C/c3ccc(Cl)cc3)NC(=O)c3ccccc3)cc2)cc1. The van der Waals surface area contributed by atoms with E-state index in [4.69, 9.17) is 16.3 Å². The van der Waals surface area contributed by atoms with Gasteiger partial charge in [-0.05, 0) is 90.9 Å². The van der Waals surface area contributed by atoms with Crippen molar-refractivity contribution in [1.82, 2.24) is 5.32 Å². The predicted molar refractivity (Wildman–Crippen MR) is 159 cm³/mol. The fourth-order valence-electron chi connectivity index (χ4n) is 3.69. The van der Waals surface area contributed by atoms with Gasteiger partial charge in [0.15, 0.2) is 5.78 Å². The number of anilines is 1. The summed E-state index contributed by atoms with van der Waals surface area (Å²) < 4.78 is 5.43. The summed E-state index contributed by atoms with van der Waals surface area (Å²) in [5, 5.41) is 6.03. The van der Waals surface area contributed by atoms with Gasteiger partial charge in [-0.15, -0.1) is 0 Å². The van der Waals surface area contributed by atoms with Crippen molar-refractivity contribution >= 4 is 47.0 Å². The molecule has 0 aliphatic heterocycles. The maximum absolute atomic E-state index is 13.2. The van der Waals surface area contributed by atoms with E-state index >= 15 is 0 Å². The largest absolute Gasteiger partial charge is 0.494 e. The van der Waals surface area contributed by atoms with E-state index in [1.807, 2.05) is 31.2 Å². The van der Waals surface area contributed by atoms with Crippen LogP contribution in [0.5, 0.6) is 5.75 Å². The van der Waals surface area contributed by atoms with Crippen LogP contribution in [0, 0.1) is 0 Å². The van der Waals surface area contributed by atoms with Crippen LogP contribution in [0.2, 0.25) is 5.02 Å². The first-order valence-corrected chi connectivity index (χ1v) is 13.0. The maximum atomic E-state index is 13.2. The van der Waals surface area contributed by atoms with Crippen LogP contribution in [0.25, 0.3) is 12.2 Å². The molecule has 0 aliphatic carbocycles. The van der Waals surface area contributed by atoms with E-state index in [0.717, 1.165) is 11.3 Å². The van der Waals surface area contributed by atoms with Gasteiger partial charge in [0.25, 0.3) is 11.8 Å². The van der Waals surface area contributed by atoms with Crippen LogP contribution < -0.4 is 15.4 Å². The number of benzene rings is 4. The predicted octanol–water partition coefficient (Wildman–Crippen LogP) is 7.04. The van der Waals surface area contributed by atoms with E-state index in [-0.39, 0.29) is 11.5 Å². The minimum Gasteiger partial charge on any atom is -0.494 e. The number of halogens is 1. The lowest BCUT2D eigenvalue weighted by molar-refractivity contribution is -0.113. The van der Waals surface area contributed by atoms with E-state index in [2.05, 4.69) is 10.6 Å². The lowest BCUT2D eigenvalue weighted by Crippen LogP contribution is -2.30. The monoisotopic (exact) mass is 550 g/mol. The molecule has 40 heavy (non-hydrogen) atoms. The highest BCUT2D eigenvalue weighted by Crippen LogP contribution is 2.17. The second kappa shape index (κ2) is 13.7. The Labute approximate surface area is 238 Å². The number of ketones is 1. The number of rotatable bonds is 10. The molecule has 2 N–H and O–H groups in total. The zero-order chi connectivity index (χ0) is 28.3. The van der Waals surface area contributed by atoms with E-state index in [1.165, 1.54) is 6.08 Å². The van der Waals surface area contributed by atoms with Crippen molar-refractivity contribution in [2.45, 2.75) is 6.92 Å². The van der Waals surface area contributed by atoms with E-state index in [9.17, 15) is 14.4 Å². The molecule has 200 valence electrons. The summed E-state index contributed by atoms with van der Waals surface area (Å²) in [6.45, 7) is 2.51. The average Bonchev–Trinajstić information content (AvgIpc) is 2.98. The van der Waals surface area contributed by atoms with E-state index in [1.54, 1.807) is 91.0 Å². The second-order valence-corrected chi connectivity index (χ2v) is 9.10. The summed E-state index contributed by atoms with van der Waals surface area (Å²) in [6, 6.07) is 29.5. The van der Waals surface area contributed by atoms with Gasteiger partial charge in [-0.25, -0.2) is 0 Å². The van der Waals surface area contributed by atoms with E-state index < -0.39 is 11.8 Å². The minimum absolute atomic E-state index is 0.0506. The molecule has 2 amide bonds. The number of hydrogen-bond acceptors (Lipinski definition) is 4. The Balaban J connectivity index is 1.45. The van der Waals surface area contributed by atoms with Gasteiger partial charge in [0, 0.05) is 21.8 Å². The molecule has 0 aromatic heterocycles. The number of hydrogen-bond donors (Lipinski definition) is 2. The van der Waals surface area contributed by atoms with Crippen LogP contribution in [-0.2, 0) is 4.79 Å². The van der Waals surface area contributed by atoms with Crippen LogP contribution in [0.4, 0.5) is 5.69 Å². The quantitative estimate of drug-likeness (QED) is 0.164. The van der Waals surface area contributed by atoms with Crippen LogP contribution in [0.15, 0.2) is 115 Å². The first kappa shape index (κ1) is 28.1. The molecule has 4 rings (SSSR count). The Morgan fingerprint density at radius 2 is 1.43 bits per heavy atom. The number of carbonyl (C=O) groups is 3. The number of carbonyl (C=O) groups excluding carboxylic acids is 3. The minimum atomic E-state index is -0.520. The summed E-state index contributed by atoms with van der Waals surface area (Å²) >= 11 is 5.98. The van der Waals surface area contributed by atoms with Gasteiger partial charge in [-0.2, -0.15) is 0 Å². The van der Waals surface area contributed by atoms with Crippen molar-refractivity contribution < 1.29 is 19.1 Å². The first-order chi connectivity index (χ1) is 19.4. The van der Waals surface area contributed by atoms with Crippen LogP contribution in [0.3, 0.4) is 0 Å². The van der Waals surface area contributed by atoms with Gasteiger partial charge in [0.1, 0.15) is 11.4 Å². The molecule has 0 saturated heterocycles. The third-order valence-corrected chi connectivity index (χ3v) is 6.01. The normalized spacial score (nSPS) is 11.2. The van der Waals surface area contributed by atoms with Gasteiger partial charge >= 0.3 is 0 Å². The zero-order valence-electron chi connectivity index (χ0n) is 21.8. The zero-order valence-corrected chi connectivity index (χ0v) is 22.5. The van der Waals surface area contributed by atoms with Gasteiger partial charge in [0.2, 0.25) is 0 Å². The molecule has 6 nitrogen and oxygen atoms in total. The number of ether oxygens (including phenoxy) is 1. The fraction of sp³-hybridized carbons (Fsp3) is 0.0606. The summed E-state index contributed by atoms with van der Waals surface area (Å²) in [6.07, 6.45) is 4.79. The smallest absolute Gasteiger partial charge is 0.272 e. The van der Waals surface area contributed by atoms with Gasteiger partial charge in [-0.3, -0.25) is 14.4 Å². The second-order valence-electron chi connectivity index (χ2n) is 8.66. The lowest BCUT2D eigenvalue weighted by atomic mass is 10.1. The Kier molecular flexibility index (Phi) is 9.64. The summed E-state index contributed by atoms with van der Waals surface area (Å²) in [7, 11) is 0. The molecule has 0 fully saturated rings. The number of nitrogens with one attached hydrogen (secondary N) is 2. The number of amides is 2. The Morgan fingerprint density at radius 3 is 2.08 bits per heavy atom. The van der Waals surface area contributed by atoms with Crippen LogP contribution >= 0.6 is 11.6 Å². The van der Waals surface area contributed by atoms with Crippen molar-refractivity contribution in [3.8, 4) is 5.75 Å². The van der Waals surface area contributed by atoms with Gasteiger partial charge in [0.05, 0.1) is 6.61 Å². The third-order valence-electron chi connectivity index (χ3n) is 5.76. The molecule has 0 unspecified atom stereocenters. The Bertz CT molecular complexity index is 1530. The average molecular weight is 551 g/mol. The van der Waals surface area contributed by atoms with Crippen molar-refractivity contribution in [1.29, 1.82) is 0 Å². The summed E-state index contributed by atoms with van der Waals surface area (Å²) in [5.41, 5.74) is 2.96. The molecule has 0 heterocycles. The molecule has 0 aliphatic rings. The molecule has 4 aromatic carbocycles. The van der Waals surface area contributed by atoms with Crippen molar-refractivity contribution in [3.05, 3.63) is 142 Å². The first-order valence-electron chi connectivity index (χ1n) is 12.6. The van der Waals surface area contributed by atoms with Crippen molar-refractivity contribution in [2.24, 2.45) is 0 Å². The molecule has 0 bridgehead atoms. The third kappa shape index (κ3) is 8.03. The van der Waals surface area contributed by atoms with Crippen molar-refractivity contribution in [2.75, 3.05) is 11.9 Å². The molecule has 0 atom stereocenters. The molecule has 0 saturated carbocycles. The summed E-state index contributed by atoms with van der Waals surface area (Å²) in [5.74, 6) is -0.343. The van der Waals surface area contributed by atoms with Crippen molar-refractivity contribution in [3.63, 3.8) is 0 Å². The lowest BCUT2D eigenvalue weighted by Gasteiger charge is -2.12. The Morgan fingerprint density at radius 1 is 0.775 bits per heavy atom. The molecule has 0 spiro atoms. The highest BCUT2D eigenvalue weighted by atomic mass is 35.5. The highest BCUT2D eigenvalue weighted by molar-refractivity contribution is 6.30. The van der Waals surface area contributed by atoms with E-state index in [0.29, 0.717) is 34.0 Å². The number of allylic oxidation sites excluding steroid dienone is 1. The van der Waals surface area contributed by atoms with Gasteiger partial charge < -0.3 is 15.4 Å². The van der Waals surface area contributed by atoms with Gasteiger partial charge in [-0.1, -0.05) is 60.1 Å². The molecule has 7 heteroatoms.